The summed E-state index contributed by atoms with van der Waals surface area (Å²) in [5.74, 6) is -0.367. The van der Waals surface area contributed by atoms with Gasteiger partial charge in [-0.25, -0.2) is 4.98 Å². The number of fused-ring (bicyclic) bond motifs is 4. The summed E-state index contributed by atoms with van der Waals surface area (Å²) in [6.45, 7) is 2.50. The fraction of sp³-hybridized carbons (Fsp3) is 0.346. The molecule has 352 valence electrons. The average molecular weight is 921 g/mol. The maximum Gasteiger partial charge on any atom is 0.270 e. The number of aliphatic hydroxyl groups excluding tert-OH is 1. The highest BCUT2D eigenvalue weighted by Gasteiger charge is 2.36. The van der Waals surface area contributed by atoms with Crippen LogP contribution in [0.1, 0.15) is 112 Å². The van der Waals surface area contributed by atoms with Gasteiger partial charge in [0.05, 0.1) is 54.0 Å². The molecule has 2 aromatic carbocycles. The lowest BCUT2D eigenvalue weighted by molar-refractivity contribution is -0.118. The van der Waals surface area contributed by atoms with Crippen LogP contribution in [0.4, 0.5) is 11.4 Å². The number of aliphatic hydroxyl groups is 1. The number of nitrogens with zero attached hydrogens (tertiary/aromatic N) is 8. The number of hydrogen-bond donors (Lipinski definition) is 1. The van der Waals surface area contributed by atoms with Crippen molar-refractivity contribution in [1.29, 1.82) is 0 Å². The van der Waals surface area contributed by atoms with E-state index < -0.39 is 0 Å². The summed E-state index contributed by atoms with van der Waals surface area (Å²) in [4.78, 5) is 92.7. The number of aromatic nitrogens is 5. The number of anilines is 1. The fourth-order valence-electron chi connectivity index (χ4n) is 9.26. The Morgan fingerprint density at radius 2 is 1.41 bits per heavy atom. The van der Waals surface area contributed by atoms with E-state index in [4.69, 9.17) is 4.74 Å². The summed E-state index contributed by atoms with van der Waals surface area (Å²) >= 11 is 0. The minimum atomic E-state index is -0.339. The lowest BCUT2D eigenvalue weighted by Crippen LogP contribution is -2.37. The molecular formula is C52H56N8O8. The van der Waals surface area contributed by atoms with Gasteiger partial charge < -0.3 is 33.0 Å². The number of carbonyl (C=O) groups excluding carboxylic acids is 6. The van der Waals surface area contributed by atoms with E-state index in [1.54, 1.807) is 125 Å². The summed E-state index contributed by atoms with van der Waals surface area (Å²) in [6.07, 6.45) is 11.0. The van der Waals surface area contributed by atoms with Crippen LogP contribution >= 0.6 is 0 Å². The quantitative estimate of drug-likeness (QED) is 0.0715. The maximum absolute atomic E-state index is 13.7. The minimum absolute atomic E-state index is 0.00113. The number of imidazole rings is 1. The molecule has 2 amide bonds. The number of rotatable bonds is 20. The van der Waals surface area contributed by atoms with Crippen molar-refractivity contribution in [2.45, 2.75) is 70.9 Å². The number of para-hydroxylation sites is 1. The van der Waals surface area contributed by atoms with Crippen molar-refractivity contribution >= 4 is 52.5 Å². The van der Waals surface area contributed by atoms with Gasteiger partial charge in [0.1, 0.15) is 17.2 Å². The van der Waals surface area contributed by atoms with E-state index >= 15 is 0 Å². The number of aryl methyl sites for hydroxylation is 4. The molecule has 1 unspecified atom stereocenters. The minimum Gasteiger partial charge on any atom is -0.493 e. The Kier molecular flexibility index (Phi) is 13.7. The largest absolute Gasteiger partial charge is 0.493 e. The van der Waals surface area contributed by atoms with Crippen LogP contribution in [0.2, 0.25) is 0 Å². The average Bonchev–Trinajstić information content (AvgIpc) is 4.12. The SMILES string of the molecule is CCCN(C)C(=O)c1cc(CC(=O)c2cc(CC(=O)c3nc(CC(=O)c4cc(CC(=O)CCCOc5cc6c(cc5CO)C(=O)N5c7ccccc7CC5C=N6)cn4C)cn3C)cn2C)cn1C. The lowest BCUT2D eigenvalue weighted by Gasteiger charge is -2.22. The van der Waals surface area contributed by atoms with E-state index in [1.807, 2.05) is 31.2 Å². The number of benzene rings is 2. The Morgan fingerprint density at radius 1 is 0.779 bits per heavy atom. The van der Waals surface area contributed by atoms with Gasteiger partial charge in [-0.15, -0.1) is 0 Å². The first-order valence-corrected chi connectivity index (χ1v) is 22.8. The molecule has 8 rings (SSSR count). The molecule has 0 radical (unpaired) electrons. The van der Waals surface area contributed by atoms with Gasteiger partial charge in [0.25, 0.3) is 11.8 Å². The van der Waals surface area contributed by atoms with Gasteiger partial charge >= 0.3 is 0 Å². The van der Waals surface area contributed by atoms with E-state index in [1.165, 1.54) is 0 Å². The standard InChI is InChI=1S/C52H56N8O8/c1-7-14-55(2)52(67)45-19-34(29-58(45)5)20-46(63)43-18-33(28-57(43)4)21-48(65)50-54-37(30-59(50)6)24-47(64)44-17-32(27-56(44)3)16-39(62)12-10-15-68-49-25-41-40(23-36(49)31-61)51(66)60-38(26-53-41)22-35-11-8-9-13-42(35)60/h8-9,11,13,17-19,23,25-30,38,61H,7,10,12,14-16,20-22,24,31H2,1-6H3. The first-order valence-electron chi connectivity index (χ1n) is 22.8. The van der Waals surface area contributed by atoms with Gasteiger partial charge in [-0.1, -0.05) is 25.1 Å². The van der Waals surface area contributed by atoms with Crippen molar-refractivity contribution in [1.82, 2.24) is 28.2 Å². The number of ketones is 4. The molecule has 68 heavy (non-hydrogen) atoms. The van der Waals surface area contributed by atoms with E-state index in [0.717, 1.165) is 23.2 Å². The highest BCUT2D eigenvalue weighted by atomic mass is 16.5. The van der Waals surface area contributed by atoms with Gasteiger partial charge in [0, 0.05) is 122 Å². The molecule has 0 aliphatic carbocycles. The van der Waals surface area contributed by atoms with Crippen molar-refractivity contribution in [3.8, 4) is 5.75 Å². The molecule has 6 aromatic rings. The summed E-state index contributed by atoms with van der Waals surface area (Å²) in [5.41, 5.74) is 7.09. The Hall–Kier alpha value is -7.46. The van der Waals surface area contributed by atoms with Crippen LogP contribution in [0.15, 0.2) is 84.4 Å². The number of hydrogen-bond acceptors (Lipinski definition) is 10. The van der Waals surface area contributed by atoms with Crippen molar-refractivity contribution in [2.75, 3.05) is 25.1 Å². The van der Waals surface area contributed by atoms with E-state index in [0.29, 0.717) is 75.9 Å². The third-order valence-electron chi connectivity index (χ3n) is 12.6. The summed E-state index contributed by atoms with van der Waals surface area (Å²) in [5, 5.41) is 10.2. The Bertz CT molecular complexity index is 3000. The monoisotopic (exact) mass is 920 g/mol. The number of ether oxygens (including phenoxy) is 1. The number of carbonyl (C=O) groups is 6. The van der Waals surface area contributed by atoms with Gasteiger partial charge in [0.2, 0.25) is 5.78 Å². The molecule has 2 aliphatic rings. The zero-order valence-electron chi connectivity index (χ0n) is 39.3. The molecule has 4 aromatic heterocycles. The highest BCUT2D eigenvalue weighted by molar-refractivity contribution is 6.14. The molecule has 1 N–H and O–H groups in total. The molecule has 0 saturated heterocycles. The first-order chi connectivity index (χ1) is 32.6. The van der Waals surface area contributed by atoms with Crippen LogP contribution in [0.3, 0.4) is 0 Å². The maximum atomic E-state index is 13.7. The Balaban J connectivity index is 0.818. The van der Waals surface area contributed by atoms with Crippen LogP contribution in [-0.4, -0.2) is 101 Å². The van der Waals surface area contributed by atoms with Crippen LogP contribution in [0.25, 0.3) is 0 Å². The molecule has 0 saturated carbocycles. The second-order valence-electron chi connectivity index (χ2n) is 17.9. The summed E-state index contributed by atoms with van der Waals surface area (Å²) in [6, 6.07) is 16.1. The van der Waals surface area contributed by atoms with Gasteiger partial charge in [-0.2, -0.15) is 0 Å². The van der Waals surface area contributed by atoms with E-state index in [-0.39, 0.29) is 92.1 Å². The number of aliphatic imine (C=N–C) groups is 1. The van der Waals surface area contributed by atoms with E-state index in [9.17, 15) is 33.9 Å². The third kappa shape index (κ3) is 9.81. The van der Waals surface area contributed by atoms with Crippen LogP contribution in [0, 0.1) is 0 Å². The van der Waals surface area contributed by atoms with Gasteiger partial charge in [-0.3, -0.25) is 38.7 Å². The zero-order valence-corrected chi connectivity index (χ0v) is 39.3. The highest BCUT2D eigenvalue weighted by Crippen LogP contribution is 2.39. The molecule has 6 heterocycles. The molecular weight excluding hydrogens is 865 g/mol. The van der Waals surface area contributed by atoms with Crippen LogP contribution in [-0.2, 0) is 71.7 Å². The smallest absolute Gasteiger partial charge is 0.270 e. The van der Waals surface area contributed by atoms with Gasteiger partial charge in [0.15, 0.2) is 17.4 Å². The molecule has 2 aliphatic heterocycles. The summed E-state index contributed by atoms with van der Waals surface area (Å²) < 4.78 is 12.7. The second-order valence-corrected chi connectivity index (χ2v) is 17.9. The number of Topliss-reactive ketones (excluding diaryl/α,β-unsaturated/α-hetero) is 4. The molecule has 16 heteroatoms. The fourth-order valence-corrected chi connectivity index (χ4v) is 9.26. The van der Waals surface area contributed by atoms with Gasteiger partial charge in [-0.05, 0) is 65.4 Å². The molecule has 1 atom stereocenters. The Labute approximate surface area is 394 Å². The third-order valence-corrected chi connectivity index (χ3v) is 12.6. The Morgan fingerprint density at radius 3 is 2.10 bits per heavy atom. The molecule has 0 bridgehead atoms. The molecule has 0 fully saturated rings. The first kappa shape index (κ1) is 47.0. The second kappa shape index (κ2) is 19.8. The molecule has 16 nitrogen and oxygen atoms in total. The predicted molar refractivity (Wildman–Crippen MR) is 256 cm³/mol. The summed E-state index contributed by atoms with van der Waals surface area (Å²) in [7, 11) is 8.74. The topological polar surface area (TPSA) is 183 Å². The zero-order chi connectivity index (χ0) is 48.4. The normalized spacial score (nSPS) is 13.8. The van der Waals surface area contributed by atoms with Crippen molar-refractivity contribution in [3.63, 3.8) is 0 Å². The molecule has 0 spiro atoms. The van der Waals surface area contributed by atoms with Crippen molar-refractivity contribution < 1.29 is 38.6 Å². The van der Waals surface area contributed by atoms with E-state index in [2.05, 4.69) is 9.98 Å². The predicted octanol–water partition coefficient (Wildman–Crippen LogP) is 5.94. The lowest BCUT2D eigenvalue weighted by atomic mass is 10.1. The van der Waals surface area contributed by atoms with Crippen molar-refractivity contribution in [3.05, 3.63) is 141 Å². The van der Waals surface area contributed by atoms with Crippen LogP contribution < -0.4 is 9.64 Å². The van der Waals surface area contributed by atoms with Crippen LogP contribution in [0.5, 0.6) is 5.75 Å². The number of amides is 2. The van der Waals surface area contributed by atoms with Crippen molar-refractivity contribution in [2.24, 2.45) is 33.2 Å².